The molecule has 2 aromatic carbocycles. The number of nitrogen functional groups attached to an aromatic ring is 1. The molecule has 0 saturated carbocycles. The van der Waals surface area contributed by atoms with E-state index in [2.05, 4.69) is 0 Å². The van der Waals surface area contributed by atoms with Crippen LogP contribution in [0.1, 0.15) is 12.0 Å². The van der Waals surface area contributed by atoms with Gasteiger partial charge in [-0.1, -0.05) is 30.3 Å². The van der Waals surface area contributed by atoms with E-state index in [1.165, 1.54) is 0 Å². The van der Waals surface area contributed by atoms with E-state index in [1.807, 2.05) is 42.5 Å². The molecule has 0 aliphatic rings. The van der Waals surface area contributed by atoms with Crippen molar-refractivity contribution in [1.82, 2.24) is 0 Å². The first kappa shape index (κ1) is 14.9. The molecule has 0 saturated heterocycles. The van der Waals surface area contributed by atoms with Crippen LogP contribution in [0.4, 0.5) is 5.69 Å². The predicted octanol–water partition coefficient (Wildman–Crippen LogP) is 2.82. The number of carbonyl (C=O) groups is 1. The fourth-order valence-electron chi connectivity index (χ4n) is 1.80. The van der Waals surface area contributed by atoms with Gasteiger partial charge < -0.3 is 15.2 Å². The maximum atomic E-state index is 11.6. The van der Waals surface area contributed by atoms with Gasteiger partial charge in [-0.15, -0.1) is 0 Å². The summed E-state index contributed by atoms with van der Waals surface area (Å²) in [5.41, 5.74) is 7.17. The van der Waals surface area contributed by atoms with Crippen LogP contribution in [-0.4, -0.2) is 19.2 Å². The standard InChI is InChI=1S/C17H19NO3/c18-15-9-7-14(8-10-15)13-17(19)21-12-4-11-20-16-5-2-1-3-6-16/h1-3,5-10H,4,11-13,18H2. The Bertz CT molecular complexity index is 552. The molecule has 2 aromatic rings. The van der Waals surface area contributed by atoms with E-state index in [9.17, 15) is 4.79 Å². The SMILES string of the molecule is Nc1ccc(CC(=O)OCCCOc2ccccc2)cc1. The molecule has 2 rings (SSSR count). The minimum Gasteiger partial charge on any atom is -0.493 e. The molecule has 4 heteroatoms. The minimum absolute atomic E-state index is 0.237. The van der Waals surface area contributed by atoms with Crippen molar-refractivity contribution >= 4 is 11.7 Å². The number of para-hydroxylation sites is 1. The van der Waals surface area contributed by atoms with E-state index >= 15 is 0 Å². The third-order valence-corrected chi connectivity index (χ3v) is 2.89. The predicted molar refractivity (Wildman–Crippen MR) is 82.1 cm³/mol. The first-order valence-corrected chi connectivity index (χ1v) is 6.92. The van der Waals surface area contributed by atoms with Crippen molar-refractivity contribution < 1.29 is 14.3 Å². The monoisotopic (exact) mass is 285 g/mol. The smallest absolute Gasteiger partial charge is 0.310 e. The van der Waals surface area contributed by atoms with Crippen molar-refractivity contribution in [1.29, 1.82) is 0 Å². The molecule has 0 bridgehead atoms. The van der Waals surface area contributed by atoms with Gasteiger partial charge in [0.05, 0.1) is 19.6 Å². The van der Waals surface area contributed by atoms with Gasteiger partial charge in [-0.05, 0) is 29.8 Å². The Kier molecular flexibility index (Phi) is 5.64. The lowest BCUT2D eigenvalue weighted by Gasteiger charge is -2.07. The molecule has 0 fully saturated rings. The van der Waals surface area contributed by atoms with E-state index in [-0.39, 0.29) is 12.4 Å². The summed E-state index contributed by atoms with van der Waals surface area (Å²) < 4.78 is 10.7. The molecule has 0 spiro atoms. The first-order valence-electron chi connectivity index (χ1n) is 6.92. The van der Waals surface area contributed by atoms with Crippen LogP contribution in [0.25, 0.3) is 0 Å². The summed E-state index contributed by atoms with van der Waals surface area (Å²) in [6.45, 7) is 0.889. The quantitative estimate of drug-likeness (QED) is 0.483. The van der Waals surface area contributed by atoms with Crippen LogP contribution in [0.15, 0.2) is 54.6 Å². The lowest BCUT2D eigenvalue weighted by Crippen LogP contribution is -2.11. The summed E-state index contributed by atoms with van der Waals surface area (Å²) >= 11 is 0. The lowest BCUT2D eigenvalue weighted by atomic mass is 10.1. The average molecular weight is 285 g/mol. The molecule has 4 nitrogen and oxygen atoms in total. The van der Waals surface area contributed by atoms with Crippen molar-refractivity contribution in [3.05, 3.63) is 60.2 Å². The number of hydrogen-bond donors (Lipinski definition) is 1. The Labute approximate surface area is 124 Å². The average Bonchev–Trinajstić information content (AvgIpc) is 2.50. The van der Waals surface area contributed by atoms with Gasteiger partial charge in [0, 0.05) is 12.1 Å². The molecule has 0 heterocycles. The molecule has 0 aliphatic carbocycles. The van der Waals surface area contributed by atoms with Crippen LogP contribution in [0, 0.1) is 0 Å². The van der Waals surface area contributed by atoms with E-state index in [0.717, 1.165) is 11.3 Å². The van der Waals surface area contributed by atoms with Gasteiger partial charge in [-0.3, -0.25) is 4.79 Å². The molecule has 0 atom stereocenters. The van der Waals surface area contributed by atoms with Gasteiger partial charge in [0.25, 0.3) is 0 Å². The normalized spacial score (nSPS) is 10.1. The van der Waals surface area contributed by atoms with Gasteiger partial charge in [0.15, 0.2) is 0 Å². The van der Waals surface area contributed by atoms with Crippen LogP contribution >= 0.6 is 0 Å². The number of rotatable bonds is 7. The molecule has 0 amide bonds. The van der Waals surface area contributed by atoms with Crippen LogP contribution in [0.3, 0.4) is 0 Å². The lowest BCUT2D eigenvalue weighted by molar-refractivity contribution is -0.143. The molecule has 110 valence electrons. The largest absolute Gasteiger partial charge is 0.493 e. The molecule has 0 aromatic heterocycles. The second-order valence-electron chi connectivity index (χ2n) is 4.65. The Morgan fingerprint density at radius 1 is 0.952 bits per heavy atom. The van der Waals surface area contributed by atoms with Gasteiger partial charge >= 0.3 is 5.97 Å². The van der Waals surface area contributed by atoms with Gasteiger partial charge in [0.1, 0.15) is 5.75 Å². The summed E-state index contributed by atoms with van der Waals surface area (Å²) in [7, 11) is 0. The zero-order chi connectivity index (χ0) is 14.9. The van der Waals surface area contributed by atoms with Gasteiger partial charge in [0.2, 0.25) is 0 Å². The second-order valence-corrected chi connectivity index (χ2v) is 4.65. The third kappa shape index (κ3) is 5.57. The number of anilines is 1. The van der Waals surface area contributed by atoms with Crippen molar-refractivity contribution in [2.24, 2.45) is 0 Å². The van der Waals surface area contributed by atoms with Gasteiger partial charge in [-0.2, -0.15) is 0 Å². The number of ether oxygens (including phenoxy) is 2. The van der Waals surface area contributed by atoms with Crippen LogP contribution in [-0.2, 0) is 16.0 Å². The number of esters is 1. The summed E-state index contributed by atoms with van der Waals surface area (Å²) in [6, 6.07) is 16.8. The Balaban J connectivity index is 1.60. The van der Waals surface area contributed by atoms with Crippen molar-refractivity contribution in [2.75, 3.05) is 18.9 Å². The van der Waals surface area contributed by atoms with Crippen molar-refractivity contribution in [3.8, 4) is 5.75 Å². The number of hydrogen-bond acceptors (Lipinski definition) is 4. The van der Waals surface area contributed by atoms with E-state index in [1.54, 1.807) is 12.1 Å². The van der Waals surface area contributed by atoms with Crippen LogP contribution in [0.2, 0.25) is 0 Å². The molecule has 0 aliphatic heterocycles. The molecule has 0 radical (unpaired) electrons. The summed E-state index contributed by atoms with van der Waals surface area (Å²) in [5.74, 6) is 0.588. The minimum atomic E-state index is -0.237. The summed E-state index contributed by atoms with van der Waals surface area (Å²) in [4.78, 5) is 11.6. The maximum absolute atomic E-state index is 11.6. The highest BCUT2D eigenvalue weighted by atomic mass is 16.5. The second kappa shape index (κ2) is 7.94. The zero-order valence-electron chi connectivity index (χ0n) is 11.8. The Morgan fingerprint density at radius 2 is 1.67 bits per heavy atom. The number of benzene rings is 2. The van der Waals surface area contributed by atoms with Gasteiger partial charge in [-0.25, -0.2) is 0 Å². The van der Waals surface area contributed by atoms with Crippen LogP contribution in [0.5, 0.6) is 5.75 Å². The van der Waals surface area contributed by atoms with Crippen molar-refractivity contribution in [2.45, 2.75) is 12.8 Å². The first-order chi connectivity index (χ1) is 10.2. The van der Waals surface area contributed by atoms with Crippen LogP contribution < -0.4 is 10.5 Å². The van der Waals surface area contributed by atoms with Crippen molar-refractivity contribution in [3.63, 3.8) is 0 Å². The Hall–Kier alpha value is -2.49. The number of nitrogens with two attached hydrogens (primary N) is 1. The summed E-state index contributed by atoms with van der Waals surface area (Å²) in [6.07, 6.45) is 0.933. The summed E-state index contributed by atoms with van der Waals surface area (Å²) in [5, 5.41) is 0. The molecular weight excluding hydrogens is 266 g/mol. The fraction of sp³-hybridized carbons (Fsp3) is 0.235. The van der Waals surface area contributed by atoms with E-state index in [4.69, 9.17) is 15.2 Å². The highest BCUT2D eigenvalue weighted by Crippen LogP contribution is 2.09. The highest BCUT2D eigenvalue weighted by Gasteiger charge is 2.04. The fourth-order valence-corrected chi connectivity index (χ4v) is 1.80. The van der Waals surface area contributed by atoms with E-state index < -0.39 is 0 Å². The highest BCUT2D eigenvalue weighted by molar-refractivity contribution is 5.72. The topological polar surface area (TPSA) is 61.6 Å². The molecule has 21 heavy (non-hydrogen) atoms. The molecule has 2 N–H and O–H groups in total. The maximum Gasteiger partial charge on any atom is 0.310 e. The zero-order valence-corrected chi connectivity index (χ0v) is 11.8. The van der Waals surface area contributed by atoms with E-state index in [0.29, 0.717) is 25.3 Å². The number of carbonyl (C=O) groups excluding carboxylic acids is 1. The Morgan fingerprint density at radius 3 is 2.38 bits per heavy atom. The molecule has 0 unspecified atom stereocenters. The molecular formula is C17H19NO3. The third-order valence-electron chi connectivity index (χ3n) is 2.89.